The average molecular weight is 317 g/mol. The van der Waals surface area contributed by atoms with E-state index in [2.05, 4.69) is 9.88 Å². The summed E-state index contributed by atoms with van der Waals surface area (Å²) in [7, 11) is 0. The van der Waals surface area contributed by atoms with Crippen LogP contribution >= 0.6 is 0 Å². The molecule has 1 aliphatic heterocycles. The minimum Gasteiger partial charge on any atom is -0.373 e. The van der Waals surface area contributed by atoms with E-state index in [-0.39, 0.29) is 29.5 Å². The predicted octanol–water partition coefficient (Wildman–Crippen LogP) is 1.19. The Hall–Kier alpha value is -1.92. The largest absolute Gasteiger partial charge is 0.373 e. The van der Waals surface area contributed by atoms with Gasteiger partial charge in [-0.15, -0.1) is 0 Å². The molecule has 0 saturated carbocycles. The SMILES string of the molecule is C[C@@H]1CN([C@H](C)Cn2c(=O)[nH]c3ccccc3c2=O)C[C@@H](C)O1. The van der Waals surface area contributed by atoms with Crippen LogP contribution in [0.2, 0.25) is 0 Å². The first-order chi connectivity index (χ1) is 11.0. The number of aromatic amines is 1. The lowest BCUT2D eigenvalue weighted by Gasteiger charge is -2.39. The Bertz CT molecular complexity index is 801. The van der Waals surface area contributed by atoms with Crippen molar-refractivity contribution in [2.24, 2.45) is 0 Å². The molecule has 0 unspecified atom stereocenters. The molecule has 6 nitrogen and oxygen atoms in total. The first-order valence-corrected chi connectivity index (χ1v) is 8.07. The van der Waals surface area contributed by atoms with Crippen LogP contribution in [-0.2, 0) is 11.3 Å². The summed E-state index contributed by atoms with van der Waals surface area (Å²) < 4.78 is 7.05. The minimum absolute atomic E-state index is 0.0868. The van der Waals surface area contributed by atoms with Gasteiger partial charge >= 0.3 is 5.69 Å². The number of hydrogen-bond donors (Lipinski definition) is 1. The highest BCUT2D eigenvalue weighted by Gasteiger charge is 2.26. The summed E-state index contributed by atoms with van der Waals surface area (Å²) >= 11 is 0. The van der Waals surface area contributed by atoms with Crippen molar-refractivity contribution in [3.8, 4) is 0 Å². The molecule has 3 rings (SSSR count). The topological polar surface area (TPSA) is 67.3 Å². The third-order valence-corrected chi connectivity index (χ3v) is 4.41. The van der Waals surface area contributed by atoms with Gasteiger partial charge in [-0.05, 0) is 32.9 Å². The van der Waals surface area contributed by atoms with Crippen molar-refractivity contribution in [2.45, 2.75) is 45.6 Å². The van der Waals surface area contributed by atoms with Gasteiger partial charge in [-0.25, -0.2) is 4.79 Å². The normalized spacial score (nSPS) is 24.0. The molecule has 6 heteroatoms. The maximum absolute atomic E-state index is 12.6. The first kappa shape index (κ1) is 16.0. The molecule has 2 aromatic rings. The second-order valence-corrected chi connectivity index (χ2v) is 6.45. The van der Waals surface area contributed by atoms with E-state index >= 15 is 0 Å². The highest BCUT2D eigenvalue weighted by molar-refractivity contribution is 5.76. The number of rotatable bonds is 3. The molecular weight excluding hydrogens is 294 g/mol. The monoisotopic (exact) mass is 317 g/mol. The second kappa shape index (κ2) is 6.29. The van der Waals surface area contributed by atoms with E-state index in [9.17, 15) is 9.59 Å². The van der Waals surface area contributed by atoms with Crippen LogP contribution in [-0.4, -0.2) is 45.8 Å². The van der Waals surface area contributed by atoms with Crippen molar-refractivity contribution < 1.29 is 4.74 Å². The lowest BCUT2D eigenvalue weighted by molar-refractivity contribution is -0.0801. The molecule has 0 spiro atoms. The first-order valence-electron chi connectivity index (χ1n) is 8.07. The molecule has 0 amide bonds. The summed E-state index contributed by atoms with van der Waals surface area (Å²) in [5.74, 6) is 0. The lowest BCUT2D eigenvalue weighted by Crippen LogP contribution is -2.52. The number of nitrogens with zero attached hydrogens (tertiary/aromatic N) is 2. The number of ether oxygens (including phenoxy) is 1. The fraction of sp³-hybridized carbons (Fsp3) is 0.529. The number of aromatic nitrogens is 2. The highest BCUT2D eigenvalue weighted by atomic mass is 16.5. The van der Waals surface area contributed by atoms with Gasteiger partial charge in [0.1, 0.15) is 0 Å². The van der Waals surface area contributed by atoms with Crippen LogP contribution < -0.4 is 11.2 Å². The van der Waals surface area contributed by atoms with E-state index in [1.165, 1.54) is 4.57 Å². The number of benzene rings is 1. The maximum Gasteiger partial charge on any atom is 0.328 e. The van der Waals surface area contributed by atoms with Crippen molar-refractivity contribution in [2.75, 3.05) is 13.1 Å². The number of nitrogens with one attached hydrogen (secondary N) is 1. The van der Waals surface area contributed by atoms with E-state index in [1.807, 2.05) is 20.8 Å². The number of fused-ring (bicyclic) bond motifs is 1. The molecule has 1 N–H and O–H groups in total. The predicted molar refractivity (Wildman–Crippen MR) is 89.9 cm³/mol. The molecule has 23 heavy (non-hydrogen) atoms. The van der Waals surface area contributed by atoms with E-state index in [1.54, 1.807) is 24.3 Å². The summed E-state index contributed by atoms with van der Waals surface area (Å²) in [4.78, 5) is 29.9. The van der Waals surface area contributed by atoms with Crippen molar-refractivity contribution in [1.82, 2.24) is 14.5 Å². The van der Waals surface area contributed by atoms with Crippen LogP contribution in [0, 0.1) is 0 Å². The Morgan fingerprint density at radius 1 is 1.22 bits per heavy atom. The standard InChI is InChI=1S/C17H23N3O3/c1-11(19-9-12(2)23-13(3)10-19)8-20-16(21)14-6-4-5-7-15(14)18-17(20)22/h4-7,11-13H,8-10H2,1-3H3,(H,18,22)/t11-,12-,13-/m1/s1. The van der Waals surface area contributed by atoms with Crippen molar-refractivity contribution in [1.29, 1.82) is 0 Å². The van der Waals surface area contributed by atoms with Crippen LogP contribution in [0.4, 0.5) is 0 Å². The van der Waals surface area contributed by atoms with E-state index in [0.29, 0.717) is 17.4 Å². The molecular formula is C17H23N3O3. The van der Waals surface area contributed by atoms with Crippen molar-refractivity contribution in [3.63, 3.8) is 0 Å². The van der Waals surface area contributed by atoms with Gasteiger partial charge in [0.15, 0.2) is 0 Å². The molecule has 1 aromatic carbocycles. The number of morpholine rings is 1. The van der Waals surface area contributed by atoms with Crippen molar-refractivity contribution >= 4 is 10.9 Å². The third-order valence-electron chi connectivity index (χ3n) is 4.41. The Morgan fingerprint density at radius 2 is 1.87 bits per heavy atom. The molecule has 0 aliphatic carbocycles. The highest BCUT2D eigenvalue weighted by Crippen LogP contribution is 2.14. The molecule has 0 radical (unpaired) electrons. The van der Waals surface area contributed by atoms with Gasteiger partial charge in [-0.1, -0.05) is 12.1 Å². The third kappa shape index (κ3) is 3.23. The number of H-pyrrole nitrogens is 1. The Kier molecular flexibility index (Phi) is 4.37. The maximum atomic E-state index is 12.6. The molecule has 3 atom stereocenters. The molecule has 1 aliphatic rings. The van der Waals surface area contributed by atoms with E-state index < -0.39 is 0 Å². The van der Waals surface area contributed by atoms with Gasteiger partial charge in [-0.2, -0.15) is 0 Å². The van der Waals surface area contributed by atoms with Gasteiger partial charge in [0.2, 0.25) is 0 Å². The van der Waals surface area contributed by atoms with Gasteiger partial charge in [-0.3, -0.25) is 14.3 Å². The Labute approximate surface area is 134 Å². The number of hydrogen-bond acceptors (Lipinski definition) is 4. The zero-order valence-electron chi connectivity index (χ0n) is 13.8. The van der Waals surface area contributed by atoms with Gasteiger partial charge in [0.25, 0.3) is 5.56 Å². The quantitative estimate of drug-likeness (QED) is 0.923. The zero-order chi connectivity index (χ0) is 16.6. The molecule has 2 heterocycles. The lowest BCUT2D eigenvalue weighted by atomic mass is 10.1. The summed E-state index contributed by atoms with van der Waals surface area (Å²) in [6.45, 7) is 8.14. The van der Waals surface area contributed by atoms with Crippen LogP contribution in [0.1, 0.15) is 20.8 Å². The fourth-order valence-corrected chi connectivity index (χ4v) is 3.32. The average Bonchev–Trinajstić information content (AvgIpc) is 2.50. The fourth-order valence-electron chi connectivity index (χ4n) is 3.32. The van der Waals surface area contributed by atoms with E-state index in [4.69, 9.17) is 4.74 Å². The van der Waals surface area contributed by atoms with Crippen molar-refractivity contribution in [3.05, 3.63) is 45.1 Å². The molecule has 1 saturated heterocycles. The number of para-hydroxylation sites is 1. The van der Waals surface area contributed by atoms with Gasteiger partial charge in [0.05, 0.1) is 23.1 Å². The smallest absolute Gasteiger partial charge is 0.328 e. The second-order valence-electron chi connectivity index (χ2n) is 6.45. The molecule has 1 aromatic heterocycles. The van der Waals surface area contributed by atoms with Crippen LogP contribution in [0.5, 0.6) is 0 Å². The van der Waals surface area contributed by atoms with Crippen LogP contribution in [0.15, 0.2) is 33.9 Å². The molecule has 1 fully saturated rings. The Morgan fingerprint density at radius 3 is 2.57 bits per heavy atom. The molecule has 0 bridgehead atoms. The summed E-state index contributed by atoms with van der Waals surface area (Å²) in [5, 5.41) is 0.544. The Balaban J connectivity index is 1.89. The summed E-state index contributed by atoms with van der Waals surface area (Å²) in [6, 6.07) is 7.19. The van der Waals surface area contributed by atoms with Gasteiger partial charge < -0.3 is 9.72 Å². The zero-order valence-corrected chi connectivity index (χ0v) is 13.8. The van der Waals surface area contributed by atoms with Crippen LogP contribution in [0.3, 0.4) is 0 Å². The van der Waals surface area contributed by atoms with Gasteiger partial charge in [0, 0.05) is 25.7 Å². The summed E-state index contributed by atoms with van der Waals surface area (Å²) in [6.07, 6.45) is 0.320. The molecule has 124 valence electrons. The summed E-state index contributed by atoms with van der Waals surface area (Å²) in [5.41, 5.74) is 0.000447. The van der Waals surface area contributed by atoms with Crippen LogP contribution in [0.25, 0.3) is 10.9 Å². The van der Waals surface area contributed by atoms with E-state index in [0.717, 1.165) is 13.1 Å². The minimum atomic E-state index is -0.352.